The Morgan fingerprint density at radius 3 is 2.88 bits per heavy atom. The van der Waals surface area contributed by atoms with Gasteiger partial charge in [-0.15, -0.1) is 11.3 Å². The molecular formula is C10H15BrN2O2S2. The molecule has 1 aliphatic rings. The Hall–Kier alpha value is 0.0500. The van der Waals surface area contributed by atoms with Gasteiger partial charge < -0.3 is 5.32 Å². The SMILES string of the molecule is Cc1cc(S(=O)(=O)NC2CCCNC2)sc1Br. The molecule has 2 N–H and O–H groups in total. The van der Waals surface area contributed by atoms with Crippen LogP contribution in [0.25, 0.3) is 0 Å². The van der Waals surface area contributed by atoms with E-state index >= 15 is 0 Å². The van der Waals surface area contributed by atoms with E-state index in [-0.39, 0.29) is 6.04 Å². The van der Waals surface area contributed by atoms with Crippen molar-refractivity contribution in [2.75, 3.05) is 13.1 Å². The van der Waals surface area contributed by atoms with Gasteiger partial charge in [0.15, 0.2) is 0 Å². The van der Waals surface area contributed by atoms with E-state index in [9.17, 15) is 8.42 Å². The predicted octanol–water partition coefficient (Wildman–Crippen LogP) is 1.85. The molecule has 96 valence electrons. The first kappa shape index (κ1) is 13.5. The van der Waals surface area contributed by atoms with Gasteiger partial charge in [-0.05, 0) is 53.9 Å². The first-order valence-electron chi connectivity index (χ1n) is 5.48. The van der Waals surface area contributed by atoms with Crippen LogP contribution in [0.2, 0.25) is 0 Å². The molecule has 0 saturated carbocycles. The number of nitrogens with one attached hydrogen (secondary N) is 2. The van der Waals surface area contributed by atoms with Crippen molar-refractivity contribution in [3.8, 4) is 0 Å². The smallest absolute Gasteiger partial charge is 0.250 e. The molecule has 4 nitrogen and oxygen atoms in total. The first-order chi connectivity index (χ1) is 7.99. The van der Waals surface area contributed by atoms with Crippen LogP contribution in [0.15, 0.2) is 14.1 Å². The van der Waals surface area contributed by atoms with Crippen LogP contribution in [-0.4, -0.2) is 27.5 Å². The minimum atomic E-state index is -3.36. The highest BCUT2D eigenvalue weighted by Crippen LogP contribution is 2.30. The highest BCUT2D eigenvalue weighted by molar-refractivity contribution is 9.11. The van der Waals surface area contributed by atoms with E-state index in [1.807, 2.05) is 6.92 Å². The molecule has 2 rings (SSSR count). The monoisotopic (exact) mass is 338 g/mol. The molecule has 17 heavy (non-hydrogen) atoms. The average Bonchev–Trinajstić information content (AvgIpc) is 2.61. The molecule has 1 atom stereocenters. The summed E-state index contributed by atoms with van der Waals surface area (Å²) >= 11 is 4.60. The highest BCUT2D eigenvalue weighted by Gasteiger charge is 2.23. The fourth-order valence-electron chi connectivity index (χ4n) is 1.79. The Balaban J connectivity index is 2.12. The van der Waals surface area contributed by atoms with Crippen molar-refractivity contribution < 1.29 is 8.42 Å². The lowest BCUT2D eigenvalue weighted by Crippen LogP contribution is -2.45. The molecule has 1 fully saturated rings. The summed E-state index contributed by atoms with van der Waals surface area (Å²) in [6.07, 6.45) is 1.91. The van der Waals surface area contributed by atoms with Gasteiger partial charge in [0.1, 0.15) is 4.21 Å². The van der Waals surface area contributed by atoms with Crippen molar-refractivity contribution in [2.24, 2.45) is 0 Å². The summed E-state index contributed by atoms with van der Waals surface area (Å²) in [6.45, 7) is 3.58. The van der Waals surface area contributed by atoms with Crippen LogP contribution in [0.5, 0.6) is 0 Å². The molecule has 0 radical (unpaired) electrons. The average molecular weight is 339 g/mol. The van der Waals surface area contributed by atoms with Crippen molar-refractivity contribution in [3.05, 3.63) is 15.4 Å². The van der Waals surface area contributed by atoms with Crippen LogP contribution in [0.4, 0.5) is 0 Å². The molecule has 1 aromatic rings. The predicted molar refractivity (Wildman–Crippen MR) is 73.0 cm³/mol. The lowest BCUT2D eigenvalue weighted by molar-refractivity contribution is 0.429. The summed E-state index contributed by atoms with van der Waals surface area (Å²) < 4.78 is 28.2. The van der Waals surface area contributed by atoms with Gasteiger partial charge in [-0.3, -0.25) is 0 Å². The van der Waals surface area contributed by atoms with E-state index < -0.39 is 10.0 Å². The van der Waals surface area contributed by atoms with Gasteiger partial charge in [0.05, 0.1) is 3.79 Å². The fourth-order valence-corrected chi connectivity index (χ4v) is 5.31. The van der Waals surface area contributed by atoms with E-state index in [1.54, 1.807) is 6.07 Å². The Labute approximate surface area is 114 Å². The molecule has 0 bridgehead atoms. The van der Waals surface area contributed by atoms with E-state index in [4.69, 9.17) is 0 Å². The lowest BCUT2D eigenvalue weighted by Gasteiger charge is -2.23. The second-order valence-electron chi connectivity index (χ2n) is 4.19. The molecule has 1 saturated heterocycles. The van der Waals surface area contributed by atoms with Crippen LogP contribution in [0.3, 0.4) is 0 Å². The van der Waals surface area contributed by atoms with Gasteiger partial charge >= 0.3 is 0 Å². The van der Waals surface area contributed by atoms with E-state index in [0.29, 0.717) is 10.8 Å². The third-order valence-corrected chi connectivity index (χ3v) is 6.85. The van der Waals surface area contributed by atoms with Crippen molar-refractivity contribution >= 4 is 37.3 Å². The summed E-state index contributed by atoms with van der Waals surface area (Å²) in [5, 5.41) is 3.19. The number of hydrogen-bond acceptors (Lipinski definition) is 4. The summed E-state index contributed by atoms with van der Waals surface area (Å²) in [5.41, 5.74) is 0.956. The zero-order chi connectivity index (χ0) is 12.5. The largest absolute Gasteiger partial charge is 0.315 e. The van der Waals surface area contributed by atoms with Gasteiger partial charge in [-0.25, -0.2) is 13.1 Å². The number of halogens is 1. The van der Waals surface area contributed by atoms with Gasteiger partial charge in [-0.1, -0.05) is 0 Å². The van der Waals surface area contributed by atoms with Crippen molar-refractivity contribution in [1.82, 2.24) is 10.0 Å². The molecule has 0 spiro atoms. The number of rotatable bonds is 3. The standard InChI is InChI=1S/C10H15BrN2O2S2/c1-7-5-9(16-10(7)11)17(14,15)13-8-3-2-4-12-6-8/h5,8,12-13H,2-4,6H2,1H3. The zero-order valence-electron chi connectivity index (χ0n) is 9.49. The summed E-state index contributed by atoms with van der Waals surface area (Å²) in [4.78, 5) is 0. The van der Waals surface area contributed by atoms with Gasteiger partial charge in [0.2, 0.25) is 10.0 Å². The number of sulfonamides is 1. The van der Waals surface area contributed by atoms with Crippen LogP contribution in [0.1, 0.15) is 18.4 Å². The molecule has 7 heteroatoms. The molecule has 1 aliphatic heterocycles. The van der Waals surface area contributed by atoms with E-state index in [0.717, 1.165) is 28.7 Å². The number of thiophene rings is 1. The molecule has 1 unspecified atom stereocenters. The van der Waals surface area contributed by atoms with Gasteiger partial charge in [0, 0.05) is 12.6 Å². The topological polar surface area (TPSA) is 58.2 Å². The summed E-state index contributed by atoms with van der Waals surface area (Å²) in [7, 11) is -3.36. The third kappa shape index (κ3) is 3.29. The van der Waals surface area contributed by atoms with Crippen molar-refractivity contribution in [3.63, 3.8) is 0 Å². The normalized spacial score (nSPS) is 21.6. The van der Waals surface area contributed by atoms with Gasteiger partial charge in [-0.2, -0.15) is 0 Å². The Kier molecular flexibility index (Phi) is 4.25. The fraction of sp³-hybridized carbons (Fsp3) is 0.600. The highest BCUT2D eigenvalue weighted by atomic mass is 79.9. The lowest BCUT2D eigenvalue weighted by atomic mass is 10.1. The zero-order valence-corrected chi connectivity index (χ0v) is 12.7. The Bertz CT molecular complexity index is 473. The summed E-state index contributed by atoms with van der Waals surface area (Å²) in [6, 6.07) is 1.71. The minimum Gasteiger partial charge on any atom is -0.315 e. The maximum atomic E-state index is 12.1. The maximum Gasteiger partial charge on any atom is 0.250 e. The second-order valence-corrected chi connectivity index (χ2v) is 8.50. The first-order valence-corrected chi connectivity index (χ1v) is 8.57. The van der Waals surface area contributed by atoms with Crippen LogP contribution in [-0.2, 0) is 10.0 Å². The molecule has 1 aromatic heterocycles. The number of hydrogen-bond donors (Lipinski definition) is 2. The third-order valence-electron chi connectivity index (χ3n) is 2.72. The Morgan fingerprint density at radius 1 is 1.59 bits per heavy atom. The van der Waals surface area contributed by atoms with Crippen LogP contribution >= 0.6 is 27.3 Å². The molecule has 0 amide bonds. The second kappa shape index (κ2) is 5.36. The van der Waals surface area contributed by atoms with E-state index in [1.165, 1.54) is 11.3 Å². The van der Waals surface area contributed by atoms with Crippen molar-refractivity contribution in [1.29, 1.82) is 0 Å². The number of aryl methyl sites for hydroxylation is 1. The van der Waals surface area contributed by atoms with Crippen LogP contribution in [0, 0.1) is 6.92 Å². The quantitative estimate of drug-likeness (QED) is 0.884. The Morgan fingerprint density at radius 2 is 2.35 bits per heavy atom. The number of piperidine rings is 1. The minimum absolute atomic E-state index is 0.00920. The summed E-state index contributed by atoms with van der Waals surface area (Å²) in [5.74, 6) is 0. The maximum absolute atomic E-state index is 12.1. The van der Waals surface area contributed by atoms with E-state index in [2.05, 4.69) is 26.0 Å². The molecular weight excluding hydrogens is 324 g/mol. The van der Waals surface area contributed by atoms with Crippen molar-refractivity contribution in [2.45, 2.75) is 30.0 Å². The van der Waals surface area contributed by atoms with Crippen LogP contribution < -0.4 is 10.0 Å². The van der Waals surface area contributed by atoms with Gasteiger partial charge in [0.25, 0.3) is 0 Å². The molecule has 0 aromatic carbocycles. The molecule has 2 heterocycles. The molecule has 0 aliphatic carbocycles.